The van der Waals surface area contributed by atoms with Crippen LogP contribution in [0, 0.1) is 0 Å². The molecule has 4 nitrogen and oxygen atoms in total. The number of hydrogen-bond donors (Lipinski definition) is 2. The van der Waals surface area contributed by atoms with Gasteiger partial charge in [0.2, 0.25) is 0 Å². The highest BCUT2D eigenvalue weighted by Gasteiger charge is 1.91. The topological polar surface area (TPSA) is 76.6 Å². The van der Waals surface area contributed by atoms with Gasteiger partial charge in [0.1, 0.15) is 0 Å². The van der Waals surface area contributed by atoms with E-state index in [1.54, 1.807) is 12.4 Å². The van der Waals surface area contributed by atoms with Gasteiger partial charge in [0, 0.05) is 6.20 Å². The Morgan fingerprint density at radius 2 is 1.22 bits per heavy atom. The van der Waals surface area contributed by atoms with Gasteiger partial charge in [0.25, 0.3) is 0 Å². The minimum absolute atomic E-state index is 0. The third-order valence-corrected chi connectivity index (χ3v) is 2.21. The average Bonchev–Trinajstić information content (AvgIpc) is 3.00. The van der Waals surface area contributed by atoms with Crippen molar-refractivity contribution >= 4 is 0 Å². The Balaban J connectivity index is 0.000000230. The fourth-order valence-corrected chi connectivity index (χ4v) is 1.43. The van der Waals surface area contributed by atoms with Crippen LogP contribution in [-0.4, -0.2) is 15.4 Å². The van der Waals surface area contributed by atoms with Gasteiger partial charge in [-0.3, -0.25) is 5.10 Å². The molecule has 3 rings (SSSR count). The van der Waals surface area contributed by atoms with Crippen LogP contribution < -0.4 is 6.15 Å². The number of aromatic amines is 1. The monoisotopic (exact) mass is 240 g/mol. The highest BCUT2D eigenvalue weighted by molar-refractivity contribution is 5.62. The van der Waals surface area contributed by atoms with Crippen molar-refractivity contribution in [3.05, 3.63) is 73.1 Å². The molecule has 18 heavy (non-hydrogen) atoms. The maximum Gasteiger partial charge on any atom is 0.0690 e. The Bertz CT molecular complexity index is 451. The maximum absolute atomic E-state index is 3.42. The molecule has 4 heteroatoms. The van der Waals surface area contributed by atoms with Crippen molar-refractivity contribution in [1.29, 1.82) is 0 Å². The summed E-state index contributed by atoms with van der Waals surface area (Å²) < 4.78 is 0. The van der Waals surface area contributed by atoms with E-state index >= 15 is 0 Å². The number of nitrogens with one attached hydrogen (secondary N) is 1. The molecule has 0 bridgehead atoms. The van der Waals surface area contributed by atoms with Crippen LogP contribution in [-0.2, 0) is 0 Å². The highest BCUT2D eigenvalue weighted by Crippen LogP contribution is 2.17. The Kier molecular flexibility index (Phi) is 5.86. The molecule has 0 atom stereocenters. The number of hydrogen-bond acceptors (Lipinski definition) is 3. The third kappa shape index (κ3) is 4.19. The molecule has 0 aliphatic rings. The van der Waals surface area contributed by atoms with Gasteiger partial charge in [-0.25, -0.2) is 0 Å². The molecule has 92 valence electrons. The van der Waals surface area contributed by atoms with E-state index in [2.05, 4.69) is 63.9 Å². The number of rotatable bonds is 1. The van der Waals surface area contributed by atoms with Gasteiger partial charge in [-0.2, -0.15) is 0 Å². The molecule has 0 aliphatic heterocycles. The van der Waals surface area contributed by atoms with E-state index < -0.39 is 0 Å². The number of aromatic nitrogens is 3. The van der Waals surface area contributed by atoms with Crippen LogP contribution in [0.2, 0.25) is 0 Å². The van der Waals surface area contributed by atoms with Crippen molar-refractivity contribution in [2.75, 3.05) is 0 Å². The van der Waals surface area contributed by atoms with E-state index in [4.69, 9.17) is 0 Å². The SMILES string of the molecule is N.c1c[nH]nn1.c1ccc(-c2ccccc2)cc1. The van der Waals surface area contributed by atoms with Crippen LogP contribution in [0.4, 0.5) is 0 Å². The highest BCUT2D eigenvalue weighted by atomic mass is 15.3. The lowest BCUT2D eigenvalue weighted by molar-refractivity contribution is 0.940. The van der Waals surface area contributed by atoms with Crippen molar-refractivity contribution < 1.29 is 0 Å². The summed E-state index contributed by atoms with van der Waals surface area (Å²) in [5, 5.41) is 9.26. The van der Waals surface area contributed by atoms with Gasteiger partial charge in [-0.05, 0) is 11.1 Å². The van der Waals surface area contributed by atoms with Gasteiger partial charge in [0.15, 0.2) is 0 Å². The summed E-state index contributed by atoms with van der Waals surface area (Å²) >= 11 is 0. The average molecular weight is 240 g/mol. The number of nitrogens with zero attached hydrogens (tertiary/aromatic N) is 2. The van der Waals surface area contributed by atoms with E-state index in [0.717, 1.165) is 0 Å². The molecule has 0 unspecified atom stereocenters. The quantitative estimate of drug-likeness (QED) is 0.685. The summed E-state index contributed by atoms with van der Waals surface area (Å²) in [4.78, 5) is 0. The molecule has 3 aromatic rings. The second-order valence-corrected chi connectivity index (χ2v) is 3.39. The van der Waals surface area contributed by atoms with Crippen LogP contribution in [0.15, 0.2) is 73.1 Å². The molecule has 0 amide bonds. The summed E-state index contributed by atoms with van der Waals surface area (Å²) in [6.45, 7) is 0. The summed E-state index contributed by atoms with van der Waals surface area (Å²) in [6.07, 6.45) is 3.24. The first kappa shape index (κ1) is 13.6. The zero-order chi connectivity index (χ0) is 11.8. The molecule has 0 saturated carbocycles. The van der Waals surface area contributed by atoms with Crippen LogP contribution >= 0.6 is 0 Å². The second-order valence-electron chi connectivity index (χ2n) is 3.39. The van der Waals surface area contributed by atoms with Gasteiger partial charge in [0.05, 0.1) is 6.20 Å². The van der Waals surface area contributed by atoms with E-state index in [0.29, 0.717) is 0 Å². The molecule has 0 aliphatic carbocycles. The molecular weight excluding hydrogens is 224 g/mol. The predicted octanol–water partition coefficient (Wildman–Crippen LogP) is 3.32. The molecule has 0 spiro atoms. The Morgan fingerprint density at radius 1 is 0.722 bits per heavy atom. The Labute approximate surface area is 106 Å². The second kappa shape index (κ2) is 7.76. The van der Waals surface area contributed by atoms with E-state index in [1.165, 1.54) is 11.1 Å². The molecule has 1 aromatic heterocycles. The van der Waals surface area contributed by atoms with Crippen molar-refractivity contribution in [3.63, 3.8) is 0 Å². The summed E-state index contributed by atoms with van der Waals surface area (Å²) in [6, 6.07) is 20.8. The molecule has 2 aromatic carbocycles. The molecule has 0 saturated heterocycles. The first-order valence-corrected chi connectivity index (χ1v) is 5.38. The zero-order valence-electron chi connectivity index (χ0n) is 10.0. The van der Waals surface area contributed by atoms with Crippen molar-refractivity contribution in [1.82, 2.24) is 21.6 Å². The van der Waals surface area contributed by atoms with E-state index in [9.17, 15) is 0 Å². The van der Waals surface area contributed by atoms with Gasteiger partial charge >= 0.3 is 0 Å². The lowest BCUT2D eigenvalue weighted by Crippen LogP contribution is -1.73. The third-order valence-electron chi connectivity index (χ3n) is 2.21. The maximum atomic E-state index is 3.42. The fraction of sp³-hybridized carbons (Fsp3) is 0. The van der Waals surface area contributed by atoms with Crippen LogP contribution in [0.3, 0.4) is 0 Å². The van der Waals surface area contributed by atoms with E-state index in [-0.39, 0.29) is 6.15 Å². The molecule has 0 radical (unpaired) electrons. The minimum atomic E-state index is 0. The van der Waals surface area contributed by atoms with Crippen molar-refractivity contribution in [2.45, 2.75) is 0 Å². The summed E-state index contributed by atoms with van der Waals surface area (Å²) in [5.74, 6) is 0. The van der Waals surface area contributed by atoms with Crippen LogP contribution in [0.25, 0.3) is 11.1 Å². The normalized spacial score (nSPS) is 8.67. The smallest absolute Gasteiger partial charge is 0.0690 e. The van der Waals surface area contributed by atoms with Gasteiger partial charge in [-0.1, -0.05) is 65.9 Å². The number of H-pyrrole nitrogens is 1. The molecule has 1 heterocycles. The predicted molar refractivity (Wildman–Crippen MR) is 73.3 cm³/mol. The van der Waals surface area contributed by atoms with E-state index in [1.807, 2.05) is 12.1 Å². The molecule has 4 N–H and O–H groups in total. The Hall–Kier alpha value is -2.46. The lowest BCUT2D eigenvalue weighted by Gasteiger charge is -1.98. The van der Waals surface area contributed by atoms with Crippen LogP contribution in [0.1, 0.15) is 0 Å². The first-order valence-electron chi connectivity index (χ1n) is 5.38. The van der Waals surface area contributed by atoms with Gasteiger partial charge < -0.3 is 6.15 Å². The summed E-state index contributed by atoms with van der Waals surface area (Å²) in [5.41, 5.74) is 2.55. The standard InChI is InChI=1S/C12H10.C2H3N3.H3N/c1-3-7-11(8-4-1)12-9-5-2-6-10-12;1-2-4-5-3-1;/h1-10H;1-2H,(H,3,4,5);1H3. The molecule has 0 fully saturated rings. The first-order chi connectivity index (χ1) is 8.47. The lowest BCUT2D eigenvalue weighted by atomic mass is 10.1. The Morgan fingerprint density at radius 3 is 1.50 bits per heavy atom. The molecular formula is C14H16N4. The van der Waals surface area contributed by atoms with Crippen molar-refractivity contribution in [2.24, 2.45) is 0 Å². The largest absolute Gasteiger partial charge is 0.344 e. The minimum Gasteiger partial charge on any atom is -0.344 e. The fourth-order valence-electron chi connectivity index (χ4n) is 1.43. The van der Waals surface area contributed by atoms with Crippen LogP contribution in [0.5, 0.6) is 0 Å². The number of benzene rings is 2. The van der Waals surface area contributed by atoms with Crippen molar-refractivity contribution in [3.8, 4) is 11.1 Å². The zero-order valence-corrected chi connectivity index (χ0v) is 10.0. The summed E-state index contributed by atoms with van der Waals surface area (Å²) in [7, 11) is 0. The van der Waals surface area contributed by atoms with Gasteiger partial charge in [-0.15, -0.1) is 5.10 Å².